The highest BCUT2D eigenvalue weighted by Crippen LogP contribution is 2.20. The van der Waals surface area contributed by atoms with Crippen LogP contribution in [0.25, 0.3) is 5.65 Å². The van der Waals surface area contributed by atoms with Crippen molar-refractivity contribution in [3.63, 3.8) is 0 Å². The number of carbonyl (C=O) groups is 1. The van der Waals surface area contributed by atoms with Gasteiger partial charge in [-0.2, -0.15) is 0 Å². The third-order valence-electron chi connectivity index (χ3n) is 5.12. The standard InChI is InChI=1S/C18H24N4O4/c23-17(13-22-18(24)21-8-2-1-3-16(21)19-22)20-9-4-14(5-10-20)26-15-6-11-25-12-7-15/h1-3,8,14-15H,4-7,9-13H2. The number of amides is 1. The summed E-state index contributed by atoms with van der Waals surface area (Å²) in [6, 6.07) is 5.34. The van der Waals surface area contributed by atoms with E-state index >= 15 is 0 Å². The molecule has 26 heavy (non-hydrogen) atoms. The van der Waals surface area contributed by atoms with E-state index in [2.05, 4.69) is 5.10 Å². The minimum Gasteiger partial charge on any atom is -0.381 e. The molecule has 2 aromatic heterocycles. The van der Waals surface area contributed by atoms with Crippen molar-refractivity contribution in [3.8, 4) is 0 Å². The van der Waals surface area contributed by atoms with Crippen LogP contribution in [0.2, 0.25) is 0 Å². The van der Waals surface area contributed by atoms with Gasteiger partial charge in [-0.3, -0.25) is 9.20 Å². The molecule has 0 N–H and O–H groups in total. The van der Waals surface area contributed by atoms with E-state index < -0.39 is 0 Å². The molecule has 2 saturated heterocycles. The molecule has 2 aliphatic heterocycles. The molecule has 8 heteroatoms. The lowest BCUT2D eigenvalue weighted by atomic mass is 10.1. The van der Waals surface area contributed by atoms with E-state index in [1.165, 1.54) is 9.08 Å². The summed E-state index contributed by atoms with van der Waals surface area (Å²) >= 11 is 0. The molecule has 0 bridgehead atoms. The Morgan fingerprint density at radius 2 is 1.88 bits per heavy atom. The molecule has 4 heterocycles. The van der Waals surface area contributed by atoms with E-state index in [0.717, 1.165) is 38.9 Å². The molecule has 0 spiro atoms. The van der Waals surface area contributed by atoms with Crippen molar-refractivity contribution in [3.05, 3.63) is 34.9 Å². The van der Waals surface area contributed by atoms with Crippen LogP contribution >= 0.6 is 0 Å². The number of likely N-dealkylation sites (tertiary alicyclic amines) is 1. The second-order valence-corrected chi connectivity index (χ2v) is 6.90. The zero-order valence-corrected chi connectivity index (χ0v) is 14.7. The summed E-state index contributed by atoms with van der Waals surface area (Å²) in [5.74, 6) is -0.0694. The molecule has 2 aromatic rings. The average Bonchev–Trinajstić information content (AvgIpc) is 2.99. The lowest BCUT2D eigenvalue weighted by molar-refractivity contribution is -0.136. The van der Waals surface area contributed by atoms with Crippen molar-refractivity contribution in [2.75, 3.05) is 26.3 Å². The summed E-state index contributed by atoms with van der Waals surface area (Å²) in [5.41, 5.74) is 0.264. The van der Waals surface area contributed by atoms with Gasteiger partial charge in [-0.1, -0.05) is 6.07 Å². The fourth-order valence-corrected chi connectivity index (χ4v) is 3.62. The Balaban J connectivity index is 1.31. The molecule has 0 aliphatic carbocycles. The third kappa shape index (κ3) is 3.66. The molecule has 0 saturated carbocycles. The van der Waals surface area contributed by atoms with Gasteiger partial charge in [-0.15, -0.1) is 5.10 Å². The number of hydrogen-bond donors (Lipinski definition) is 0. The smallest absolute Gasteiger partial charge is 0.350 e. The summed E-state index contributed by atoms with van der Waals surface area (Å²) in [5, 5.41) is 4.22. The highest BCUT2D eigenvalue weighted by atomic mass is 16.5. The van der Waals surface area contributed by atoms with Crippen LogP contribution < -0.4 is 5.69 Å². The predicted octanol–water partition coefficient (Wildman–Crippen LogP) is 0.683. The molecular weight excluding hydrogens is 336 g/mol. The maximum Gasteiger partial charge on any atom is 0.350 e. The SMILES string of the molecule is O=C(Cn1nc2ccccn2c1=O)N1CCC(OC2CCOCC2)CC1. The highest BCUT2D eigenvalue weighted by molar-refractivity contribution is 5.76. The molecule has 0 atom stereocenters. The Labute approximate surface area is 151 Å². The van der Waals surface area contributed by atoms with E-state index in [0.29, 0.717) is 18.7 Å². The van der Waals surface area contributed by atoms with E-state index in [-0.39, 0.29) is 30.3 Å². The van der Waals surface area contributed by atoms with Crippen LogP contribution in [0.15, 0.2) is 29.2 Å². The van der Waals surface area contributed by atoms with Crippen molar-refractivity contribution in [1.82, 2.24) is 19.1 Å². The quantitative estimate of drug-likeness (QED) is 0.801. The zero-order valence-electron chi connectivity index (χ0n) is 14.7. The van der Waals surface area contributed by atoms with Crippen molar-refractivity contribution < 1.29 is 14.3 Å². The fraction of sp³-hybridized carbons (Fsp3) is 0.611. The third-order valence-corrected chi connectivity index (χ3v) is 5.12. The van der Waals surface area contributed by atoms with Crippen LogP contribution in [-0.4, -0.2) is 63.5 Å². The summed E-state index contributed by atoms with van der Waals surface area (Å²) < 4.78 is 14.2. The summed E-state index contributed by atoms with van der Waals surface area (Å²) in [7, 11) is 0. The molecule has 1 amide bonds. The van der Waals surface area contributed by atoms with Crippen LogP contribution in [0.1, 0.15) is 25.7 Å². The Hall–Kier alpha value is -2.19. The Kier molecular flexibility index (Phi) is 5.03. The number of piperidine rings is 1. The lowest BCUT2D eigenvalue weighted by Gasteiger charge is -2.34. The molecule has 0 aromatic carbocycles. The first-order valence-corrected chi connectivity index (χ1v) is 9.26. The van der Waals surface area contributed by atoms with Gasteiger partial charge in [-0.25, -0.2) is 9.48 Å². The molecule has 0 unspecified atom stereocenters. The molecule has 0 radical (unpaired) electrons. The first-order valence-electron chi connectivity index (χ1n) is 9.26. The van der Waals surface area contributed by atoms with Gasteiger partial charge in [0.2, 0.25) is 5.91 Å². The summed E-state index contributed by atoms with van der Waals surface area (Å²) in [6.45, 7) is 2.85. The van der Waals surface area contributed by atoms with Crippen molar-refractivity contribution in [1.29, 1.82) is 0 Å². The second kappa shape index (κ2) is 7.59. The van der Waals surface area contributed by atoms with E-state index in [9.17, 15) is 9.59 Å². The van der Waals surface area contributed by atoms with Gasteiger partial charge in [0.1, 0.15) is 6.54 Å². The maximum atomic E-state index is 12.6. The van der Waals surface area contributed by atoms with E-state index in [4.69, 9.17) is 9.47 Å². The minimum absolute atomic E-state index is 0.0218. The minimum atomic E-state index is -0.285. The molecule has 2 fully saturated rings. The van der Waals surface area contributed by atoms with Crippen LogP contribution in [0, 0.1) is 0 Å². The van der Waals surface area contributed by atoms with E-state index in [1.54, 1.807) is 23.2 Å². The first-order chi connectivity index (χ1) is 12.7. The Morgan fingerprint density at radius 1 is 1.15 bits per heavy atom. The van der Waals surface area contributed by atoms with Crippen molar-refractivity contribution in [2.45, 2.75) is 44.4 Å². The van der Waals surface area contributed by atoms with Gasteiger partial charge < -0.3 is 14.4 Å². The van der Waals surface area contributed by atoms with Gasteiger partial charge in [0.25, 0.3) is 0 Å². The number of hydrogen-bond acceptors (Lipinski definition) is 5. The normalized spacial score (nSPS) is 19.9. The lowest BCUT2D eigenvalue weighted by Crippen LogP contribution is -2.44. The predicted molar refractivity (Wildman–Crippen MR) is 94.0 cm³/mol. The van der Waals surface area contributed by atoms with E-state index in [1.807, 2.05) is 6.07 Å². The van der Waals surface area contributed by atoms with Gasteiger partial charge in [0.15, 0.2) is 5.65 Å². The number of fused-ring (bicyclic) bond motifs is 1. The number of carbonyl (C=O) groups excluding carboxylic acids is 1. The molecule has 4 rings (SSSR count). The molecular formula is C18H24N4O4. The number of ether oxygens (including phenoxy) is 2. The average molecular weight is 360 g/mol. The van der Waals surface area contributed by atoms with Gasteiger partial charge in [0, 0.05) is 32.5 Å². The van der Waals surface area contributed by atoms with Crippen molar-refractivity contribution in [2.24, 2.45) is 0 Å². The molecule has 8 nitrogen and oxygen atoms in total. The highest BCUT2D eigenvalue weighted by Gasteiger charge is 2.26. The van der Waals surface area contributed by atoms with Crippen LogP contribution in [-0.2, 0) is 20.8 Å². The largest absolute Gasteiger partial charge is 0.381 e. The second-order valence-electron chi connectivity index (χ2n) is 6.90. The molecule has 2 aliphatic rings. The van der Waals surface area contributed by atoms with Gasteiger partial charge in [0.05, 0.1) is 12.2 Å². The number of rotatable bonds is 4. The van der Waals surface area contributed by atoms with Crippen molar-refractivity contribution >= 4 is 11.6 Å². The number of aromatic nitrogens is 3. The first kappa shape index (κ1) is 17.2. The Bertz CT molecular complexity index is 816. The van der Waals surface area contributed by atoms with Crippen LogP contribution in [0.4, 0.5) is 0 Å². The zero-order chi connectivity index (χ0) is 17.9. The Morgan fingerprint density at radius 3 is 2.62 bits per heavy atom. The number of nitrogens with zero attached hydrogens (tertiary/aromatic N) is 4. The number of pyridine rings is 1. The van der Waals surface area contributed by atoms with Gasteiger partial charge >= 0.3 is 5.69 Å². The fourth-order valence-electron chi connectivity index (χ4n) is 3.62. The summed E-state index contributed by atoms with van der Waals surface area (Å²) in [4.78, 5) is 26.6. The van der Waals surface area contributed by atoms with Gasteiger partial charge in [-0.05, 0) is 37.8 Å². The maximum absolute atomic E-state index is 12.6. The van der Waals surface area contributed by atoms with Crippen LogP contribution in [0.3, 0.4) is 0 Å². The topological polar surface area (TPSA) is 78.1 Å². The summed E-state index contributed by atoms with van der Waals surface area (Å²) in [6.07, 6.45) is 5.73. The van der Waals surface area contributed by atoms with Crippen LogP contribution in [0.5, 0.6) is 0 Å². The molecule has 140 valence electrons. The monoisotopic (exact) mass is 360 g/mol.